The second-order valence-electron chi connectivity index (χ2n) is 7.31. The van der Waals surface area contributed by atoms with E-state index in [1.807, 2.05) is 0 Å². The molecule has 1 saturated heterocycles. The van der Waals surface area contributed by atoms with Crippen LogP contribution in [-0.4, -0.2) is 20.9 Å². The highest BCUT2D eigenvalue weighted by atomic mass is 19.4. The number of aromatic nitrogens is 2. The van der Waals surface area contributed by atoms with E-state index in [1.54, 1.807) is 0 Å². The Morgan fingerprint density at radius 2 is 1.66 bits per heavy atom. The topological polar surface area (TPSA) is 59.2 Å². The second-order valence-corrected chi connectivity index (χ2v) is 7.31. The Bertz CT molecular complexity index is 1120. The van der Waals surface area contributed by atoms with E-state index >= 15 is 0 Å². The maximum absolute atomic E-state index is 13.0. The normalized spacial score (nSPS) is 17.2. The van der Waals surface area contributed by atoms with Gasteiger partial charge in [-0.2, -0.15) is 31.3 Å². The molecule has 0 N–H and O–H groups in total. The first-order valence-corrected chi connectivity index (χ1v) is 9.49. The number of carbonyl (C=O) groups excluding carboxylic acids is 1. The van der Waals surface area contributed by atoms with Gasteiger partial charge in [0.25, 0.3) is 0 Å². The van der Waals surface area contributed by atoms with Crippen LogP contribution in [0.4, 0.5) is 26.3 Å². The highest BCUT2D eigenvalue weighted by molar-refractivity contribution is 5.78. The lowest BCUT2D eigenvalue weighted by Crippen LogP contribution is -2.27. The van der Waals surface area contributed by atoms with Gasteiger partial charge in [0, 0.05) is 18.5 Å². The Labute approximate surface area is 177 Å². The Hall–Kier alpha value is -3.37. The van der Waals surface area contributed by atoms with Gasteiger partial charge in [-0.05, 0) is 36.2 Å². The zero-order valence-corrected chi connectivity index (χ0v) is 16.2. The third-order valence-electron chi connectivity index (χ3n) is 5.13. The van der Waals surface area contributed by atoms with Crippen LogP contribution in [0, 0.1) is 0 Å². The molecule has 2 heterocycles. The Balaban J connectivity index is 1.55. The molecule has 1 amide bonds. The lowest BCUT2D eigenvalue weighted by Gasteiger charge is -2.22. The van der Waals surface area contributed by atoms with Crippen molar-refractivity contribution in [2.75, 3.05) is 0 Å². The van der Waals surface area contributed by atoms with Crippen molar-refractivity contribution in [3.05, 3.63) is 71.1 Å². The van der Waals surface area contributed by atoms with Crippen LogP contribution < -0.4 is 0 Å². The third-order valence-corrected chi connectivity index (χ3v) is 5.13. The molecule has 1 aliphatic heterocycles. The minimum Gasteiger partial charge on any atom is -0.337 e. The molecular formula is C21H15F6N3O2. The van der Waals surface area contributed by atoms with E-state index in [2.05, 4.69) is 10.1 Å². The summed E-state index contributed by atoms with van der Waals surface area (Å²) in [5, 5.41) is 3.78. The summed E-state index contributed by atoms with van der Waals surface area (Å²) in [6.45, 7) is -0.0780. The van der Waals surface area contributed by atoms with Gasteiger partial charge in [-0.15, -0.1) is 0 Å². The maximum Gasteiger partial charge on any atom is 0.416 e. The number of nitrogens with zero attached hydrogens (tertiary/aromatic N) is 3. The van der Waals surface area contributed by atoms with E-state index in [1.165, 1.54) is 29.2 Å². The summed E-state index contributed by atoms with van der Waals surface area (Å²) in [6.07, 6.45) is -8.50. The maximum atomic E-state index is 13.0. The highest BCUT2D eigenvalue weighted by Crippen LogP contribution is 2.36. The number of amides is 1. The first kappa shape index (κ1) is 21.8. The van der Waals surface area contributed by atoms with Crippen LogP contribution in [0.5, 0.6) is 0 Å². The van der Waals surface area contributed by atoms with Crippen molar-refractivity contribution >= 4 is 5.91 Å². The highest BCUT2D eigenvalue weighted by Gasteiger charge is 2.37. The van der Waals surface area contributed by atoms with E-state index in [0.717, 1.165) is 24.3 Å². The summed E-state index contributed by atoms with van der Waals surface area (Å²) in [5.74, 6) is -0.161. The first-order chi connectivity index (χ1) is 15.0. The SMILES string of the molecule is O=C1CCC(c2nc(-c3ccc(C(F)(F)F)cc3)no2)N1Cc1cccc(C(F)(F)F)c1. The zero-order chi connectivity index (χ0) is 23.1. The quantitative estimate of drug-likeness (QED) is 0.478. The Morgan fingerprint density at radius 1 is 0.969 bits per heavy atom. The molecule has 1 unspecified atom stereocenters. The van der Waals surface area contributed by atoms with Crippen LogP contribution in [0.3, 0.4) is 0 Å². The summed E-state index contributed by atoms with van der Waals surface area (Å²) < 4.78 is 82.4. The monoisotopic (exact) mass is 455 g/mol. The second kappa shape index (κ2) is 7.95. The van der Waals surface area contributed by atoms with Crippen molar-refractivity contribution in [3.8, 4) is 11.4 Å². The van der Waals surface area contributed by atoms with Gasteiger partial charge in [-0.25, -0.2) is 0 Å². The van der Waals surface area contributed by atoms with Crippen molar-refractivity contribution in [2.45, 2.75) is 37.8 Å². The molecule has 1 atom stereocenters. The fourth-order valence-electron chi connectivity index (χ4n) is 3.53. The molecule has 3 aromatic rings. The standard InChI is InChI=1S/C21H15F6N3O2/c22-20(23,24)14-6-4-13(5-7-14)18-28-19(32-29-18)16-8-9-17(31)30(16)11-12-2-1-3-15(10-12)21(25,26)27/h1-7,10,16H,8-9,11H2. The molecule has 168 valence electrons. The molecule has 4 rings (SSSR count). The summed E-state index contributed by atoms with van der Waals surface area (Å²) in [4.78, 5) is 17.9. The summed E-state index contributed by atoms with van der Waals surface area (Å²) in [6, 6.07) is 8.23. The number of likely N-dealkylation sites (tertiary alicyclic amines) is 1. The van der Waals surface area contributed by atoms with Gasteiger partial charge in [-0.1, -0.05) is 29.4 Å². The summed E-state index contributed by atoms with van der Waals surface area (Å²) in [5.41, 5.74) is -1.05. The fourth-order valence-corrected chi connectivity index (χ4v) is 3.53. The van der Waals surface area contributed by atoms with E-state index in [9.17, 15) is 31.1 Å². The number of halogens is 6. The zero-order valence-electron chi connectivity index (χ0n) is 16.2. The number of benzene rings is 2. The number of alkyl halides is 6. The molecule has 0 saturated carbocycles. The number of rotatable bonds is 4. The number of hydrogen-bond donors (Lipinski definition) is 0. The van der Waals surface area contributed by atoms with Crippen LogP contribution in [0.25, 0.3) is 11.4 Å². The molecule has 11 heteroatoms. The van der Waals surface area contributed by atoms with Crippen LogP contribution >= 0.6 is 0 Å². The minimum atomic E-state index is -4.51. The van der Waals surface area contributed by atoms with Crippen LogP contribution in [0.1, 0.15) is 41.5 Å². The van der Waals surface area contributed by atoms with Gasteiger partial charge >= 0.3 is 12.4 Å². The van der Waals surface area contributed by atoms with E-state index in [-0.39, 0.29) is 30.6 Å². The summed E-state index contributed by atoms with van der Waals surface area (Å²) in [7, 11) is 0. The summed E-state index contributed by atoms with van der Waals surface area (Å²) >= 11 is 0. The van der Waals surface area contributed by atoms with Gasteiger partial charge < -0.3 is 9.42 Å². The van der Waals surface area contributed by atoms with E-state index in [4.69, 9.17) is 4.52 Å². The van der Waals surface area contributed by atoms with Gasteiger partial charge in [0.2, 0.25) is 17.6 Å². The average Bonchev–Trinajstić information content (AvgIpc) is 3.35. The van der Waals surface area contributed by atoms with Crippen LogP contribution in [0.2, 0.25) is 0 Å². The molecule has 0 radical (unpaired) electrons. The molecule has 5 nitrogen and oxygen atoms in total. The van der Waals surface area contributed by atoms with Gasteiger partial charge in [-0.3, -0.25) is 4.79 Å². The smallest absolute Gasteiger partial charge is 0.337 e. The first-order valence-electron chi connectivity index (χ1n) is 9.49. The molecule has 0 spiro atoms. The molecule has 1 aliphatic rings. The lowest BCUT2D eigenvalue weighted by atomic mass is 10.1. The van der Waals surface area contributed by atoms with Crippen molar-refractivity contribution in [1.82, 2.24) is 15.0 Å². The van der Waals surface area contributed by atoms with E-state index < -0.39 is 29.5 Å². The molecular weight excluding hydrogens is 440 g/mol. The number of hydrogen-bond acceptors (Lipinski definition) is 4. The predicted octanol–water partition coefficient (Wildman–Crippen LogP) is 5.64. The Morgan fingerprint density at radius 3 is 2.31 bits per heavy atom. The van der Waals surface area contributed by atoms with Gasteiger partial charge in [0.15, 0.2) is 0 Å². The van der Waals surface area contributed by atoms with Crippen LogP contribution in [-0.2, 0) is 23.7 Å². The molecule has 1 fully saturated rings. The van der Waals surface area contributed by atoms with Crippen molar-refractivity contribution in [1.29, 1.82) is 0 Å². The van der Waals surface area contributed by atoms with Crippen molar-refractivity contribution in [2.24, 2.45) is 0 Å². The van der Waals surface area contributed by atoms with Crippen LogP contribution in [0.15, 0.2) is 53.1 Å². The lowest BCUT2D eigenvalue weighted by molar-refractivity contribution is -0.138. The molecule has 32 heavy (non-hydrogen) atoms. The van der Waals surface area contributed by atoms with Crippen molar-refractivity contribution in [3.63, 3.8) is 0 Å². The molecule has 2 aromatic carbocycles. The third kappa shape index (κ3) is 4.46. The predicted molar refractivity (Wildman–Crippen MR) is 98.7 cm³/mol. The number of carbonyl (C=O) groups is 1. The fraction of sp³-hybridized carbons (Fsp3) is 0.286. The molecule has 0 aliphatic carbocycles. The van der Waals surface area contributed by atoms with Gasteiger partial charge in [0.1, 0.15) is 6.04 Å². The van der Waals surface area contributed by atoms with Crippen molar-refractivity contribution < 1.29 is 35.7 Å². The van der Waals surface area contributed by atoms with E-state index in [0.29, 0.717) is 17.5 Å². The molecule has 0 bridgehead atoms. The Kier molecular flexibility index (Phi) is 5.43. The minimum absolute atomic E-state index is 0.0482. The largest absolute Gasteiger partial charge is 0.416 e. The van der Waals surface area contributed by atoms with Gasteiger partial charge in [0.05, 0.1) is 11.1 Å². The average molecular weight is 455 g/mol. The molecule has 1 aromatic heterocycles.